The number of imidazole rings is 1. The number of aryl methyl sites for hydroxylation is 1. The van der Waals surface area contributed by atoms with Crippen LogP contribution in [-0.4, -0.2) is 21.5 Å². The molecule has 110 valence electrons. The van der Waals surface area contributed by atoms with Crippen molar-refractivity contribution in [2.24, 2.45) is 7.05 Å². The quantitative estimate of drug-likeness (QED) is 0.864. The number of halogens is 1. The molecule has 1 aromatic carbocycles. The first kappa shape index (κ1) is 14.1. The predicted molar refractivity (Wildman–Crippen MR) is 79.4 cm³/mol. The standard InChI is InChI=1S/C15H16FN3OS/c1-19-9-8-17-15(19)21-13(14(20)18-12-6-7-12)10-2-4-11(16)5-3-10/h2-5,8-9,12-13H,6-7H2,1H3,(H,18,20). The summed E-state index contributed by atoms with van der Waals surface area (Å²) in [6, 6.07) is 6.37. The van der Waals surface area contributed by atoms with Crippen LogP contribution in [0.2, 0.25) is 0 Å². The first-order chi connectivity index (χ1) is 10.1. The van der Waals surface area contributed by atoms with E-state index in [1.807, 2.05) is 17.8 Å². The third kappa shape index (κ3) is 3.44. The van der Waals surface area contributed by atoms with Gasteiger partial charge in [0.15, 0.2) is 5.16 Å². The Morgan fingerprint density at radius 1 is 1.43 bits per heavy atom. The molecular formula is C15H16FN3OS. The van der Waals surface area contributed by atoms with E-state index in [2.05, 4.69) is 10.3 Å². The molecule has 0 saturated heterocycles. The van der Waals surface area contributed by atoms with Gasteiger partial charge in [-0.15, -0.1) is 0 Å². The van der Waals surface area contributed by atoms with Gasteiger partial charge >= 0.3 is 0 Å². The number of carbonyl (C=O) groups is 1. The number of rotatable bonds is 5. The normalized spacial score (nSPS) is 15.7. The number of nitrogens with one attached hydrogen (secondary N) is 1. The lowest BCUT2D eigenvalue weighted by Gasteiger charge is -2.16. The summed E-state index contributed by atoms with van der Waals surface area (Å²) in [5.41, 5.74) is 0.780. The van der Waals surface area contributed by atoms with Crippen LogP contribution in [0.5, 0.6) is 0 Å². The van der Waals surface area contributed by atoms with E-state index >= 15 is 0 Å². The highest BCUT2D eigenvalue weighted by Gasteiger charge is 2.29. The smallest absolute Gasteiger partial charge is 0.238 e. The van der Waals surface area contributed by atoms with Gasteiger partial charge in [-0.2, -0.15) is 0 Å². The molecule has 1 saturated carbocycles. The number of thioether (sulfide) groups is 1. The maximum atomic E-state index is 13.1. The van der Waals surface area contributed by atoms with Crippen molar-refractivity contribution in [2.45, 2.75) is 29.3 Å². The molecule has 1 aliphatic rings. The van der Waals surface area contributed by atoms with Crippen molar-refractivity contribution in [3.63, 3.8) is 0 Å². The Kier molecular flexibility index (Phi) is 3.96. The van der Waals surface area contributed by atoms with Gasteiger partial charge in [-0.05, 0) is 30.5 Å². The maximum Gasteiger partial charge on any atom is 0.238 e. The van der Waals surface area contributed by atoms with E-state index in [9.17, 15) is 9.18 Å². The zero-order chi connectivity index (χ0) is 14.8. The molecule has 6 heteroatoms. The molecule has 1 atom stereocenters. The SMILES string of the molecule is Cn1ccnc1SC(C(=O)NC1CC1)c1ccc(F)cc1. The minimum Gasteiger partial charge on any atom is -0.352 e. The molecule has 1 amide bonds. The van der Waals surface area contributed by atoms with Gasteiger partial charge in [0, 0.05) is 25.5 Å². The lowest BCUT2D eigenvalue weighted by Crippen LogP contribution is -2.29. The molecule has 0 radical (unpaired) electrons. The lowest BCUT2D eigenvalue weighted by atomic mass is 10.1. The number of hydrogen-bond donors (Lipinski definition) is 1. The van der Waals surface area contributed by atoms with Gasteiger partial charge in [-0.1, -0.05) is 23.9 Å². The third-order valence-corrected chi connectivity index (χ3v) is 4.66. The highest BCUT2D eigenvalue weighted by molar-refractivity contribution is 8.00. The summed E-state index contributed by atoms with van der Waals surface area (Å²) in [5.74, 6) is -0.348. The molecule has 21 heavy (non-hydrogen) atoms. The number of benzene rings is 1. The molecule has 2 aromatic rings. The Hall–Kier alpha value is -1.82. The highest BCUT2D eigenvalue weighted by atomic mass is 32.2. The number of amides is 1. The minimum absolute atomic E-state index is 0.0443. The van der Waals surface area contributed by atoms with Crippen LogP contribution in [0.3, 0.4) is 0 Å². The van der Waals surface area contributed by atoms with Gasteiger partial charge in [-0.3, -0.25) is 4.79 Å². The molecule has 0 bridgehead atoms. The monoisotopic (exact) mass is 305 g/mol. The zero-order valence-electron chi connectivity index (χ0n) is 11.6. The Balaban J connectivity index is 1.84. The Morgan fingerprint density at radius 3 is 2.71 bits per heavy atom. The highest BCUT2D eigenvalue weighted by Crippen LogP contribution is 2.35. The second kappa shape index (κ2) is 5.89. The minimum atomic E-state index is -0.424. The van der Waals surface area contributed by atoms with E-state index in [1.54, 1.807) is 18.3 Å². The van der Waals surface area contributed by atoms with Crippen molar-refractivity contribution in [3.05, 3.63) is 48.0 Å². The lowest BCUT2D eigenvalue weighted by molar-refractivity contribution is -0.120. The second-order valence-electron chi connectivity index (χ2n) is 5.15. The van der Waals surface area contributed by atoms with Gasteiger partial charge in [0.05, 0.1) is 0 Å². The first-order valence-electron chi connectivity index (χ1n) is 6.83. The van der Waals surface area contributed by atoms with Crippen molar-refractivity contribution < 1.29 is 9.18 Å². The van der Waals surface area contributed by atoms with Gasteiger partial charge in [-0.25, -0.2) is 9.37 Å². The Labute approximate surface area is 126 Å². The second-order valence-corrected chi connectivity index (χ2v) is 6.23. The van der Waals surface area contributed by atoms with E-state index in [0.717, 1.165) is 23.6 Å². The van der Waals surface area contributed by atoms with Crippen LogP contribution in [0.1, 0.15) is 23.7 Å². The van der Waals surface area contributed by atoms with Crippen LogP contribution < -0.4 is 5.32 Å². The molecule has 1 N–H and O–H groups in total. The van der Waals surface area contributed by atoms with Gasteiger partial charge in [0.2, 0.25) is 5.91 Å². The number of carbonyl (C=O) groups excluding carboxylic acids is 1. The first-order valence-corrected chi connectivity index (χ1v) is 7.71. The Bertz CT molecular complexity index is 637. The van der Waals surface area contributed by atoms with E-state index in [-0.39, 0.29) is 11.7 Å². The largest absolute Gasteiger partial charge is 0.352 e. The summed E-state index contributed by atoms with van der Waals surface area (Å²) in [4.78, 5) is 16.7. The summed E-state index contributed by atoms with van der Waals surface area (Å²) in [6.45, 7) is 0. The van der Waals surface area contributed by atoms with Crippen molar-refractivity contribution in [1.82, 2.24) is 14.9 Å². The maximum absolute atomic E-state index is 13.1. The molecule has 3 rings (SSSR count). The van der Waals surface area contributed by atoms with Crippen LogP contribution in [-0.2, 0) is 11.8 Å². The molecule has 1 fully saturated rings. The van der Waals surface area contributed by atoms with Crippen molar-refractivity contribution in [3.8, 4) is 0 Å². The van der Waals surface area contributed by atoms with Crippen LogP contribution in [0.4, 0.5) is 4.39 Å². The average molecular weight is 305 g/mol. The summed E-state index contributed by atoms with van der Waals surface area (Å²) in [5, 5.41) is 3.34. The zero-order valence-corrected chi connectivity index (χ0v) is 12.4. The molecule has 1 aliphatic carbocycles. The molecule has 4 nitrogen and oxygen atoms in total. The van der Waals surface area contributed by atoms with Crippen molar-refractivity contribution in [2.75, 3.05) is 0 Å². The van der Waals surface area contributed by atoms with E-state index in [4.69, 9.17) is 0 Å². The molecule has 1 unspecified atom stereocenters. The molecule has 0 aliphatic heterocycles. The summed E-state index contributed by atoms with van der Waals surface area (Å²) in [6.07, 6.45) is 5.61. The van der Waals surface area contributed by atoms with Crippen LogP contribution in [0.25, 0.3) is 0 Å². The summed E-state index contributed by atoms with van der Waals surface area (Å²) in [7, 11) is 1.88. The summed E-state index contributed by atoms with van der Waals surface area (Å²) < 4.78 is 15.0. The predicted octanol–water partition coefficient (Wildman–Crippen LogP) is 2.67. The molecular weight excluding hydrogens is 289 g/mol. The number of hydrogen-bond acceptors (Lipinski definition) is 3. The average Bonchev–Trinajstić information content (AvgIpc) is 3.18. The van der Waals surface area contributed by atoms with Crippen molar-refractivity contribution in [1.29, 1.82) is 0 Å². The number of aromatic nitrogens is 2. The van der Waals surface area contributed by atoms with Crippen molar-refractivity contribution >= 4 is 17.7 Å². The van der Waals surface area contributed by atoms with Gasteiger partial charge < -0.3 is 9.88 Å². The number of nitrogens with zero attached hydrogens (tertiary/aromatic N) is 2. The van der Waals surface area contributed by atoms with Gasteiger partial charge in [0.1, 0.15) is 11.1 Å². The fourth-order valence-corrected chi connectivity index (χ4v) is 3.01. The van der Waals surface area contributed by atoms with Crippen LogP contribution in [0, 0.1) is 5.82 Å². The van der Waals surface area contributed by atoms with Crippen LogP contribution in [0.15, 0.2) is 41.8 Å². The molecule has 1 aromatic heterocycles. The topological polar surface area (TPSA) is 46.9 Å². The molecule has 0 spiro atoms. The van der Waals surface area contributed by atoms with Crippen LogP contribution >= 0.6 is 11.8 Å². The van der Waals surface area contributed by atoms with Gasteiger partial charge in [0.25, 0.3) is 0 Å². The van der Waals surface area contributed by atoms with E-state index in [0.29, 0.717) is 6.04 Å². The fourth-order valence-electron chi connectivity index (χ4n) is 1.99. The van der Waals surface area contributed by atoms with E-state index < -0.39 is 5.25 Å². The molecule has 1 heterocycles. The summed E-state index contributed by atoms with van der Waals surface area (Å²) >= 11 is 1.38. The Morgan fingerprint density at radius 2 is 2.14 bits per heavy atom. The third-order valence-electron chi connectivity index (χ3n) is 3.33. The van der Waals surface area contributed by atoms with E-state index in [1.165, 1.54) is 23.9 Å². The fraction of sp³-hybridized carbons (Fsp3) is 0.333.